The van der Waals surface area contributed by atoms with Crippen LogP contribution in [-0.4, -0.2) is 23.4 Å². The molecule has 2 rings (SSSR count). The number of nitrogens with one attached hydrogen (secondary N) is 1. The summed E-state index contributed by atoms with van der Waals surface area (Å²) in [5, 5.41) is 4.11. The topological polar surface area (TPSA) is 32.3 Å². The average molecular weight is 281 g/mol. The monoisotopic (exact) mass is 280 g/mol. The first-order valence-electron chi connectivity index (χ1n) is 6.85. The second kappa shape index (κ2) is 5.93. The van der Waals surface area contributed by atoms with Gasteiger partial charge in [-0.05, 0) is 30.0 Å². The van der Waals surface area contributed by atoms with Crippen LogP contribution in [0, 0.1) is 5.92 Å². The minimum Gasteiger partial charge on any atom is -0.321 e. The molecule has 1 aromatic rings. The van der Waals surface area contributed by atoms with Crippen LogP contribution in [-0.2, 0) is 4.79 Å². The molecule has 1 heterocycles. The maximum atomic E-state index is 12.4. The predicted molar refractivity (Wildman–Crippen MR) is 78.0 cm³/mol. The Hall–Kier alpha value is -1.06. The molecule has 0 saturated carbocycles. The molecule has 1 saturated heterocycles. The minimum atomic E-state index is -0.0808. The second-order valence-electron chi connectivity index (χ2n) is 5.47. The van der Waals surface area contributed by atoms with Gasteiger partial charge in [0.1, 0.15) is 6.17 Å². The molecule has 4 heteroatoms. The molecule has 0 bridgehead atoms. The van der Waals surface area contributed by atoms with Gasteiger partial charge in [0.05, 0.1) is 6.04 Å². The van der Waals surface area contributed by atoms with Gasteiger partial charge in [-0.25, -0.2) is 0 Å². The van der Waals surface area contributed by atoms with Crippen molar-refractivity contribution >= 4 is 17.5 Å². The third kappa shape index (κ3) is 3.10. The SMILES string of the molecule is CCC1NC(c2cccc(Cl)c2)N(CC(C)C)C1=O. The number of nitrogens with zero attached hydrogens (tertiary/aromatic N) is 1. The van der Waals surface area contributed by atoms with E-state index in [1.807, 2.05) is 36.1 Å². The van der Waals surface area contributed by atoms with E-state index in [0.29, 0.717) is 10.9 Å². The molecule has 1 fully saturated rings. The van der Waals surface area contributed by atoms with Gasteiger partial charge in [-0.1, -0.05) is 44.5 Å². The molecule has 1 N–H and O–H groups in total. The van der Waals surface area contributed by atoms with Crippen molar-refractivity contribution in [1.29, 1.82) is 0 Å². The van der Waals surface area contributed by atoms with Gasteiger partial charge in [0.25, 0.3) is 0 Å². The molecule has 3 nitrogen and oxygen atoms in total. The number of hydrogen-bond acceptors (Lipinski definition) is 2. The standard InChI is InChI=1S/C15H21ClN2O/c1-4-13-15(19)18(9-10(2)3)14(17-13)11-6-5-7-12(16)8-11/h5-8,10,13-14,17H,4,9H2,1-3H3. The molecule has 19 heavy (non-hydrogen) atoms. The Morgan fingerprint density at radius 3 is 2.74 bits per heavy atom. The van der Waals surface area contributed by atoms with Crippen molar-refractivity contribution < 1.29 is 4.79 Å². The Morgan fingerprint density at radius 2 is 2.16 bits per heavy atom. The minimum absolute atomic E-state index is 0.0569. The van der Waals surface area contributed by atoms with Crippen molar-refractivity contribution in [2.24, 2.45) is 5.92 Å². The van der Waals surface area contributed by atoms with Gasteiger partial charge >= 0.3 is 0 Å². The highest BCUT2D eigenvalue weighted by Gasteiger charge is 2.38. The fourth-order valence-corrected chi connectivity index (χ4v) is 2.71. The van der Waals surface area contributed by atoms with E-state index in [1.54, 1.807) is 0 Å². The summed E-state index contributed by atoms with van der Waals surface area (Å²) >= 11 is 6.05. The van der Waals surface area contributed by atoms with Gasteiger partial charge in [0.2, 0.25) is 5.91 Å². The predicted octanol–water partition coefficient (Wildman–Crippen LogP) is 3.21. The summed E-state index contributed by atoms with van der Waals surface area (Å²) in [6.07, 6.45) is 0.753. The van der Waals surface area contributed by atoms with Crippen LogP contribution in [0.5, 0.6) is 0 Å². The molecule has 0 aromatic heterocycles. The number of amides is 1. The zero-order chi connectivity index (χ0) is 14.0. The fourth-order valence-electron chi connectivity index (χ4n) is 2.51. The third-order valence-corrected chi connectivity index (χ3v) is 3.62. The lowest BCUT2D eigenvalue weighted by atomic mass is 10.1. The molecule has 1 amide bonds. The van der Waals surface area contributed by atoms with Crippen molar-refractivity contribution in [1.82, 2.24) is 10.2 Å². The third-order valence-electron chi connectivity index (χ3n) is 3.39. The van der Waals surface area contributed by atoms with E-state index in [9.17, 15) is 4.79 Å². The summed E-state index contributed by atoms with van der Waals surface area (Å²) in [5.41, 5.74) is 1.05. The van der Waals surface area contributed by atoms with Gasteiger partial charge in [0.15, 0.2) is 0 Å². The van der Waals surface area contributed by atoms with Crippen molar-refractivity contribution in [3.8, 4) is 0 Å². The van der Waals surface area contributed by atoms with Crippen molar-refractivity contribution in [3.63, 3.8) is 0 Å². The summed E-state index contributed by atoms with van der Waals surface area (Å²) in [5.74, 6) is 0.643. The first-order chi connectivity index (χ1) is 9.02. The molecular weight excluding hydrogens is 260 g/mol. The Morgan fingerprint density at radius 1 is 1.42 bits per heavy atom. The molecule has 104 valence electrons. The van der Waals surface area contributed by atoms with Crippen LogP contribution in [0.25, 0.3) is 0 Å². The molecule has 0 aliphatic carbocycles. The molecule has 0 radical (unpaired) electrons. The van der Waals surface area contributed by atoms with E-state index in [1.165, 1.54) is 0 Å². The molecule has 0 spiro atoms. The van der Waals surface area contributed by atoms with Crippen LogP contribution < -0.4 is 5.32 Å². The van der Waals surface area contributed by atoms with Crippen LogP contribution in [0.4, 0.5) is 0 Å². The smallest absolute Gasteiger partial charge is 0.241 e. The van der Waals surface area contributed by atoms with Gasteiger partial charge in [-0.3, -0.25) is 10.1 Å². The number of hydrogen-bond donors (Lipinski definition) is 1. The number of carbonyl (C=O) groups excluding carboxylic acids is 1. The van der Waals surface area contributed by atoms with E-state index in [0.717, 1.165) is 18.5 Å². The molecule has 2 atom stereocenters. The molecule has 1 aromatic carbocycles. The molecular formula is C15H21ClN2O. The van der Waals surface area contributed by atoms with E-state index < -0.39 is 0 Å². The van der Waals surface area contributed by atoms with E-state index in [-0.39, 0.29) is 18.1 Å². The Balaban J connectivity index is 2.28. The zero-order valence-electron chi connectivity index (χ0n) is 11.7. The summed E-state index contributed by atoms with van der Waals surface area (Å²) < 4.78 is 0. The lowest BCUT2D eigenvalue weighted by Gasteiger charge is -2.26. The van der Waals surface area contributed by atoms with Crippen LogP contribution in [0.3, 0.4) is 0 Å². The Kier molecular flexibility index (Phi) is 4.48. The first kappa shape index (κ1) is 14.4. The quantitative estimate of drug-likeness (QED) is 0.919. The average Bonchev–Trinajstić information content (AvgIpc) is 2.66. The largest absolute Gasteiger partial charge is 0.321 e. The molecule has 1 aliphatic heterocycles. The summed E-state index contributed by atoms with van der Waals surface area (Å²) in [6.45, 7) is 7.05. The number of halogens is 1. The van der Waals surface area contributed by atoms with E-state index >= 15 is 0 Å². The molecule has 1 aliphatic rings. The number of rotatable bonds is 4. The maximum Gasteiger partial charge on any atom is 0.241 e. The van der Waals surface area contributed by atoms with E-state index in [2.05, 4.69) is 19.2 Å². The summed E-state index contributed by atoms with van der Waals surface area (Å²) in [4.78, 5) is 14.3. The van der Waals surface area contributed by atoms with Gasteiger partial charge in [0, 0.05) is 11.6 Å². The van der Waals surface area contributed by atoms with Crippen LogP contribution >= 0.6 is 11.6 Å². The number of benzene rings is 1. The molecule has 2 unspecified atom stereocenters. The fraction of sp³-hybridized carbons (Fsp3) is 0.533. The van der Waals surface area contributed by atoms with E-state index in [4.69, 9.17) is 11.6 Å². The van der Waals surface area contributed by atoms with Gasteiger partial charge in [-0.2, -0.15) is 0 Å². The number of carbonyl (C=O) groups is 1. The Labute approximate surface area is 119 Å². The normalized spacial score (nSPS) is 23.4. The van der Waals surface area contributed by atoms with Crippen LogP contribution in [0.1, 0.15) is 38.9 Å². The summed E-state index contributed by atoms with van der Waals surface area (Å²) in [6, 6.07) is 7.64. The highest BCUT2D eigenvalue weighted by atomic mass is 35.5. The Bertz CT molecular complexity index is 461. The first-order valence-corrected chi connectivity index (χ1v) is 7.22. The highest BCUT2D eigenvalue weighted by molar-refractivity contribution is 6.30. The highest BCUT2D eigenvalue weighted by Crippen LogP contribution is 2.28. The van der Waals surface area contributed by atoms with Crippen LogP contribution in [0.15, 0.2) is 24.3 Å². The van der Waals surface area contributed by atoms with Crippen molar-refractivity contribution in [3.05, 3.63) is 34.9 Å². The van der Waals surface area contributed by atoms with Gasteiger partial charge in [-0.15, -0.1) is 0 Å². The maximum absolute atomic E-state index is 12.4. The zero-order valence-corrected chi connectivity index (χ0v) is 12.4. The second-order valence-corrected chi connectivity index (χ2v) is 5.91. The summed E-state index contributed by atoms with van der Waals surface area (Å²) in [7, 11) is 0. The van der Waals surface area contributed by atoms with Crippen LogP contribution in [0.2, 0.25) is 5.02 Å². The van der Waals surface area contributed by atoms with Gasteiger partial charge < -0.3 is 4.90 Å². The lowest BCUT2D eigenvalue weighted by Crippen LogP contribution is -2.34. The van der Waals surface area contributed by atoms with Crippen molar-refractivity contribution in [2.75, 3.05) is 6.54 Å². The lowest BCUT2D eigenvalue weighted by molar-refractivity contribution is -0.130. The van der Waals surface area contributed by atoms with Crippen molar-refractivity contribution in [2.45, 2.75) is 39.4 Å².